The molecule has 24 heavy (non-hydrogen) atoms. The number of aromatic nitrogens is 1. The van der Waals surface area contributed by atoms with Gasteiger partial charge < -0.3 is 15.5 Å². The first-order valence-corrected chi connectivity index (χ1v) is 9.16. The third-order valence-electron chi connectivity index (χ3n) is 4.65. The Morgan fingerprint density at radius 3 is 3.04 bits per heavy atom. The molecule has 2 fully saturated rings. The second-order valence-corrected chi connectivity index (χ2v) is 6.73. The van der Waals surface area contributed by atoms with Crippen molar-refractivity contribution < 1.29 is 4.39 Å². The Balaban J connectivity index is 1.49. The van der Waals surface area contributed by atoms with Crippen LogP contribution in [0.15, 0.2) is 23.3 Å². The molecule has 5 nitrogen and oxygen atoms in total. The van der Waals surface area contributed by atoms with Crippen molar-refractivity contribution in [2.45, 2.75) is 45.1 Å². The number of hydrogen-bond donors (Lipinski definition) is 2. The molecule has 1 saturated carbocycles. The van der Waals surface area contributed by atoms with Crippen molar-refractivity contribution in [3.8, 4) is 0 Å². The quantitative estimate of drug-likeness (QED) is 0.457. The molecule has 1 aromatic rings. The molecule has 1 aromatic heterocycles. The molecule has 2 N–H and O–H groups in total. The Morgan fingerprint density at radius 2 is 2.29 bits per heavy atom. The van der Waals surface area contributed by atoms with Crippen molar-refractivity contribution in [2.75, 3.05) is 31.1 Å². The molecule has 0 bridgehead atoms. The third-order valence-corrected chi connectivity index (χ3v) is 4.65. The van der Waals surface area contributed by atoms with Gasteiger partial charge in [0, 0.05) is 38.4 Å². The fraction of sp³-hybridized carbons (Fsp3) is 0.667. The zero-order valence-corrected chi connectivity index (χ0v) is 14.5. The van der Waals surface area contributed by atoms with E-state index in [9.17, 15) is 4.39 Å². The summed E-state index contributed by atoms with van der Waals surface area (Å²) >= 11 is 0. The topological polar surface area (TPSA) is 52.6 Å². The average molecular weight is 333 g/mol. The Bertz CT molecular complexity index is 558. The number of guanidine groups is 1. The summed E-state index contributed by atoms with van der Waals surface area (Å²) in [6.45, 7) is 5.36. The summed E-state index contributed by atoms with van der Waals surface area (Å²) < 4.78 is 13.9. The minimum atomic E-state index is -0.251. The van der Waals surface area contributed by atoms with Crippen LogP contribution < -0.4 is 15.5 Å². The summed E-state index contributed by atoms with van der Waals surface area (Å²) in [6.07, 6.45) is 7.89. The highest BCUT2D eigenvalue weighted by atomic mass is 19.1. The lowest BCUT2D eigenvalue weighted by molar-refractivity contribution is 0.612. The number of rotatable bonds is 7. The van der Waals surface area contributed by atoms with E-state index < -0.39 is 0 Å². The smallest absolute Gasteiger partial charge is 0.191 e. The van der Waals surface area contributed by atoms with Crippen LogP contribution in [-0.2, 0) is 0 Å². The molecule has 132 valence electrons. The minimum Gasteiger partial charge on any atom is -0.357 e. The van der Waals surface area contributed by atoms with Gasteiger partial charge >= 0.3 is 0 Å². The maximum Gasteiger partial charge on any atom is 0.191 e. The zero-order chi connectivity index (χ0) is 16.8. The summed E-state index contributed by atoms with van der Waals surface area (Å²) in [5.74, 6) is 2.04. The van der Waals surface area contributed by atoms with E-state index in [-0.39, 0.29) is 11.9 Å². The fourth-order valence-electron chi connectivity index (χ4n) is 3.17. The lowest BCUT2D eigenvalue weighted by Gasteiger charge is -2.19. The number of aliphatic imine (C=N–C) groups is 1. The predicted molar refractivity (Wildman–Crippen MR) is 95.9 cm³/mol. The van der Waals surface area contributed by atoms with Crippen LogP contribution in [-0.4, -0.2) is 43.2 Å². The number of halogens is 1. The van der Waals surface area contributed by atoms with E-state index in [1.165, 1.54) is 25.3 Å². The maximum atomic E-state index is 13.9. The number of nitrogens with zero attached hydrogens (tertiary/aromatic N) is 3. The monoisotopic (exact) mass is 333 g/mol. The second kappa shape index (κ2) is 8.31. The van der Waals surface area contributed by atoms with Gasteiger partial charge in [0.05, 0.1) is 0 Å². The molecule has 1 aliphatic carbocycles. The van der Waals surface area contributed by atoms with Gasteiger partial charge in [0.2, 0.25) is 0 Å². The Hall–Kier alpha value is -1.85. The molecule has 6 heteroatoms. The van der Waals surface area contributed by atoms with Gasteiger partial charge in [-0.2, -0.15) is 0 Å². The predicted octanol–water partition coefficient (Wildman–Crippen LogP) is 2.54. The van der Waals surface area contributed by atoms with E-state index in [4.69, 9.17) is 0 Å². The maximum absolute atomic E-state index is 13.9. The highest BCUT2D eigenvalue weighted by molar-refractivity contribution is 5.80. The van der Waals surface area contributed by atoms with Crippen molar-refractivity contribution in [3.05, 3.63) is 24.1 Å². The SMILES string of the molecule is CCNC(=NCCCC1CC1)NC1CCN(c2ncccc2F)C1. The lowest BCUT2D eigenvalue weighted by Crippen LogP contribution is -2.44. The third kappa shape index (κ3) is 4.82. The first kappa shape index (κ1) is 17.0. The van der Waals surface area contributed by atoms with E-state index in [2.05, 4.69) is 27.5 Å². The molecule has 1 atom stereocenters. The minimum absolute atomic E-state index is 0.251. The van der Waals surface area contributed by atoms with Crippen LogP contribution in [0.3, 0.4) is 0 Å². The average Bonchev–Trinajstić information content (AvgIpc) is 3.30. The van der Waals surface area contributed by atoms with Crippen LogP contribution >= 0.6 is 0 Å². The molecule has 0 spiro atoms. The molecule has 1 unspecified atom stereocenters. The molecule has 1 aliphatic heterocycles. The van der Waals surface area contributed by atoms with Crippen LogP contribution in [0.4, 0.5) is 10.2 Å². The van der Waals surface area contributed by atoms with E-state index in [0.29, 0.717) is 5.82 Å². The van der Waals surface area contributed by atoms with Crippen LogP contribution in [0.2, 0.25) is 0 Å². The highest BCUT2D eigenvalue weighted by Gasteiger charge is 2.26. The van der Waals surface area contributed by atoms with Crippen molar-refractivity contribution >= 4 is 11.8 Å². The Kier molecular flexibility index (Phi) is 5.88. The highest BCUT2D eigenvalue weighted by Crippen LogP contribution is 2.33. The number of pyridine rings is 1. The van der Waals surface area contributed by atoms with Gasteiger partial charge in [0.1, 0.15) is 0 Å². The van der Waals surface area contributed by atoms with E-state index in [1.54, 1.807) is 12.3 Å². The second-order valence-electron chi connectivity index (χ2n) is 6.73. The summed E-state index contributed by atoms with van der Waals surface area (Å²) in [6, 6.07) is 3.36. The number of nitrogens with one attached hydrogen (secondary N) is 2. The summed E-state index contributed by atoms with van der Waals surface area (Å²) in [5.41, 5.74) is 0. The molecule has 2 heterocycles. The van der Waals surface area contributed by atoms with E-state index in [0.717, 1.165) is 50.9 Å². The number of anilines is 1. The summed E-state index contributed by atoms with van der Waals surface area (Å²) in [4.78, 5) is 10.9. The molecule has 2 aliphatic rings. The standard InChI is InChI=1S/C18H28FN5/c1-2-20-18(22-11-3-5-14-7-8-14)23-15-9-12-24(13-15)17-16(19)6-4-10-21-17/h4,6,10,14-15H,2-3,5,7-9,11-13H2,1H3,(H2,20,22,23). The van der Waals surface area contributed by atoms with Gasteiger partial charge in [-0.3, -0.25) is 4.99 Å². The van der Waals surface area contributed by atoms with Crippen molar-refractivity contribution in [3.63, 3.8) is 0 Å². The van der Waals surface area contributed by atoms with E-state index in [1.807, 2.05) is 4.90 Å². The molecular formula is C18H28FN5. The van der Waals surface area contributed by atoms with Gasteiger partial charge in [-0.25, -0.2) is 9.37 Å². The van der Waals surface area contributed by atoms with Gasteiger partial charge in [0.25, 0.3) is 0 Å². The van der Waals surface area contributed by atoms with Crippen molar-refractivity contribution in [1.82, 2.24) is 15.6 Å². The number of hydrogen-bond acceptors (Lipinski definition) is 3. The van der Waals surface area contributed by atoms with E-state index >= 15 is 0 Å². The molecule has 3 rings (SSSR count). The van der Waals surface area contributed by atoms with Crippen molar-refractivity contribution in [1.29, 1.82) is 0 Å². The first-order chi connectivity index (χ1) is 11.8. The molecule has 0 radical (unpaired) electrons. The van der Waals surface area contributed by atoms with Crippen molar-refractivity contribution in [2.24, 2.45) is 10.9 Å². The Morgan fingerprint density at radius 1 is 1.42 bits per heavy atom. The van der Waals surface area contributed by atoms with Crippen LogP contribution in [0, 0.1) is 11.7 Å². The van der Waals surface area contributed by atoms with Gasteiger partial charge in [-0.1, -0.05) is 12.8 Å². The van der Waals surface area contributed by atoms with Crippen LogP contribution in [0.25, 0.3) is 0 Å². The summed E-state index contributed by atoms with van der Waals surface area (Å²) in [7, 11) is 0. The van der Waals surface area contributed by atoms with Gasteiger partial charge in [-0.05, 0) is 44.2 Å². The van der Waals surface area contributed by atoms with Gasteiger partial charge in [-0.15, -0.1) is 0 Å². The zero-order valence-electron chi connectivity index (χ0n) is 14.5. The van der Waals surface area contributed by atoms with Crippen LogP contribution in [0.5, 0.6) is 0 Å². The van der Waals surface area contributed by atoms with Crippen LogP contribution in [0.1, 0.15) is 39.0 Å². The normalized spacial score (nSPS) is 21.2. The fourth-order valence-corrected chi connectivity index (χ4v) is 3.17. The Labute approximate surface area is 143 Å². The molecule has 0 aromatic carbocycles. The molecule has 1 saturated heterocycles. The lowest BCUT2D eigenvalue weighted by atomic mass is 10.2. The molecule has 0 amide bonds. The van der Waals surface area contributed by atoms with Gasteiger partial charge in [0.15, 0.2) is 17.6 Å². The summed E-state index contributed by atoms with van der Waals surface area (Å²) in [5, 5.41) is 6.80. The molecular weight excluding hydrogens is 305 g/mol. The largest absolute Gasteiger partial charge is 0.357 e. The first-order valence-electron chi connectivity index (χ1n) is 9.16.